The van der Waals surface area contributed by atoms with Crippen molar-refractivity contribution in [1.82, 2.24) is 4.31 Å². The second kappa shape index (κ2) is 8.63. The van der Waals surface area contributed by atoms with E-state index in [2.05, 4.69) is 5.32 Å². The molecule has 0 radical (unpaired) electrons. The number of carbonyl (C=O) groups is 1. The molecular weight excluding hydrogens is 449 g/mol. The first-order valence-corrected chi connectivity index (χ1v) is 11.5. The van der Waals surface area contributed by atoms with Crippen LogP contribution in [0.3, 0.4) is 0 Å². The molecule has 1 aromatic carbocycles. The van der Waals surface area contributed by atoms with Gasteiger partial charge in [0.2, 0.25) is 5.91 Å². The highest BCUT2D eigenvalue weighted by atomic mass is 35.5. The van der Waals surface area contributed by atoms with Gasteiger partial charge in [-0.2, -0.15) is 17.5 Å². The van der Waals surface area contributed by atoms with E-state index in [1.165, 1.54) is 16.4 Å². The van der Waals surface area contributed by atoms with E-state index in [1.807, 2.05) is 0 Å². The van der Waals surface area contributed by atoms with Crippen molar-refractivity contribution in [1.29, 1.82) is 0 Å². The number of nitrogens with one attached hydrogen (secondary N) is 1. The standard InChI is InChI=1S/C18H18ClF3N2O3S2/c19-15-6-4-12(10-14(15)18(20,21)22)23-16(25)11-13-5-7-17(28-13)29(26,27)24-8-2-1-3-9-24/h4-7,10H,1-3,8-9,11H2,(H,23,25). The van der Waals surface area contributed by atoms with Crippen LogP contribution in [0.2, 0.25) is 5.02 Å². The Hall–Kier alpha value is -1.62. The molecule has 0 bridgehead atoms. The normalized spacial score (nSPS) is 16.0. The summed E-state index contributed by atoms with van der Waals surface area (Å²) in [5.41, 5.74) is -1.08. The summed E-state index contributed by atoms with van der Waals surface area (Å²) in [7, 11) is -3.58. The fourth-order valence-electron chi connectivity index (χ4n) is 3.01. The molecule has 2 heterocycles. The van der Waals surface area contributed by atoms with Crippen molar-refractivity contribution in [2.24, 2.45) is 0 Å². The van der Waals surface area contributed by atoms with Crippen molar-refractivity contribution < 1.29 is 26.4 Å². The number of amides is 1. The molecule has 1 aliphatic heterocycles. The molecule has 1 aromatic heterocycles. The van der Waals surface area contributed by atoms with Gasteiger partial charge < -0.3 is 5.32 Å². The molecule has 0 saturated carbocycles. The monoisotopic (exact) mass is 466 g/mol. The zero-order valence-corrected chi connectivity index (χ0v) is 17.5. The first-order valence-electron chi connectivity index (χ1n) is 8.83. The second-order valence-electron chi connectivity index (χ2n) is 6.60. The van der Waals surface area contributed by atoms with Gasteiger partial charge in [-0.1, -0.05) is 18.0 Å². The Balaban J connectivity index is 1.68. The first kappa shape index (κ1) is 22.1. The second-order valence-corrected chi connectivity index (χ2v) is 10.3. The number of benzene rings is 1. The molecule has 1 N–H and O–H groups in total. The molecule has 0 unspecified atom stereocenters. The highest BCUT2D eigenvalue weighted by molar-refractivity contribution is 7.91. The molecule has 5 nitrogen and oxygen atoms in total. The summed E-state index contributed by atoms with van der Waals surface area (Å²) >= 11 is 6.56. The molecule has 1 amide bonds. The molecule has 29 heavy (non-hydrogen) atoms. The zero-order chi connectivity index (χ0) is 21.2. The lowest BCUT2D eigenvalue weighted by Gasteiger charge is -2.25. The Bertz CT molecular complexity index is 1000. The van der Waals surface area contributed by atoms with E-state index >= 15 is 0 Å². The van der Waals surface area contributed by atoms with Gasteiger partial charge in [0.05, 0.1) is 17.0 Å². The van der Waals surface area contributed by atoms with Crippen molar-refractivity contribution in [3.8, 4) is 0 Å². The number of carbonyl (C=O) groups excluding carboxylic acids is 1. The van der Waals surface area contributed by atoms with Crippen LogP contribution in [0.25, 0.3) is 0 Å². The molecule has 0 spiro atoms. The minimum atomic E-state index is -4.64. The van der Waals surface area contributed by atoms with E-state index in [4.69, 9.17) is 11.6 Å². The van der Waals surface area contributed by atoms with Crippen LogP contribution in [0.1, 0.15) is 29.7 Å². The summed E-state index contributed by atoms with van der Waals surface area (Å²) in [5.74, 6) is -0.552. The topological polar surface area (TPSA) is 66.5 Å². The Morgan fingerprint density at radius 3 is 2.48 bits per heavy atom. The number of halogens is 4. The fraction of sp³-hybridized carbons (Fsp3) is 0.389. The van der Waals surface area contributed by atoms with Crippen molar-refractivity contribution in [3.63, 3.8) is 0 Å². The number of anilines is 1. The largest absolute Gasteiger partial charge is 0.417 e. The fourth-order valence-corrected chi connectivity index (χ4v) is 6.26. The number of rotatable bonds is 5. The van der Waals surface area contributed by atoms with E-state index in [0.29, 0.717) is 18.0 Å². The van der Waals surface area contributed by atoms with Gasteiger partial charge in [-0.25, -0.2) is 8.42 Å². The number of piperidine rings is 1. The third-order valence-corrected chi connectivity index (χ3v) is 8.22. The summed E-state index contributed by atoms with van der Waals surface area (Å²) in [4.78, 5) is 12.7. The Morgan fingerprint density at radius 1 is 1.14 bits per heavy atom. The number of alkyl halides is 3. The highest BCUT2D eigenvalue weighted by Gasteiger charge is 2.33. The average molecular weight is 467 g/mol. The molecule has 2 aromatic rings. The number of nitrogens with zero attached hydrogens (tertiary/aromatic N) is 1. The summed E-state index contributed by atoms with van der Waals surface area (Å²) in [5, 5.41) is 1.93. The first-order chi connectivity index (χ1) is 13.6. The molecule has 0 aliphatic carbocycles. The average Bonchev–Trinajstić information content (AvgIpc) is 3.12. The minimum Gasteiger partial charge on any atom is -0.326 e. The lowest BCUT2D eigenvalue weighted by molar-refractivity contribution is -0.137. The maximum absolute atomic E-state index is 12.9. The molecule has 11 heteroatoms. The lowest BCUT2D eigenvalue weighted by Crippen LogP contribution is -2.35. The zero-order valence-electron chi connectivity index (χ0n) is 15.1. The van der Waals surface area contributed by atoms with Crippen LogP contribution in [0.15, 0.2) is 34.5 Å². The van der Waals surface area contributed by atoms with Crippen LogP contribution in [0.4, 0.5) is 18.9 Å². The maximum Gasteiger partial charge on any atom is 0.417 e. The summed E-state index contributed by atoms with van der Waals surface area (Å²) in [6.45, 7) is 0.961. The quantitative estimate of drug-likeness (QED) is 0.689. The van der Waals surface area contributed by atoms with Gasteiger partial charge in [-0.3, -0.25) is 4.79 Å². The predicted molar refractivity (Wildman–Crippen MR) is 106 cm³/mol. The SMILES string of the molecule is O=C(Cc1ccc(S(=O)(=O)N2CCCCC2)s1)Nc1ccc(Cl)c(C(F)(F)F)c1. The third kappa shape index (κ3) is 5.30. The smallest absolute Gasteiger partial charge is 0.326 e. The Morgan fingerprint density at radius 2 is 1.83 bits per heavy atom. The molecule has 1 aliphatic rings. The molecule has 1 fully saturated rings. The van der Waals surface area contributed by atoms with Crippen LogP contribution >= 0.6 is 22.9 Å². The molecule has 158 valence electrons. The van der Waals surface area contributed by atoms with Gasteiger partial charge in [-0.15, -0.1) is 11.3 Å². The van der Waals surface area contributed by atoms with E-state index < -0.39 is 32.7 Å². The molecule has 0 atom stereocenters. The van der Waals surface area contributed by atoms with Crippen LogP contribution in [0.5, 0.6) is 0 Å². The van der Waals surface area contributed by atoms with Crippen LogP contribution in [-0.4, -0.2) is 31.7 Å². The molecule has 1 saturated heterocycles. The van der Waals surface area contributed by atoms with Gasteiger partial charge in [0.15, 0.2) is 0 Å². The van der Waals surface area contributed by atoms with E-state index in [9.17, 15) is 26.4 Å². The van der Waals surface area contributed by atoms with Crippen molar-refractivity contribution in [2.75, 3.05) is 18.4 Å². The van der Waals surface area contributed by atoms with Crippen molar-refractivity contribution in [2.45, 2.75) is 36.1 Å². The van der Waals surface area contributed by atoms with Gasteiger partial charge >= 0.3 is 6.18 Å². The van der Waals surface area contributed by atoms with E-state index in [-0.39, 0.29) is 16.3 Å². The Labute approximate surface area is 175 Å². The predicted octanol–water partition coefficient (Wildman–Crippen LogP) is 4.78. The summed E-state index contributed by atoms with van der Waals surface area (Å²) in [6, 6.07) is 6.11. The minimum absolute atomic E-state index is 0.0376. The van der Waals surface area contributed by atoms with Crippen LogP contribution in [0, 0.1) is 0 Å². The summed E-state index contributed by atoms with van der Waals surface area (Å²) < 4.78 is 65.7. The number of hydrogen-bond donors (Lipinski definition) is 1. The van der Waals surface area contributed by atoms with Crippen LogP contribution < -0.4 is 5.32 Å². The molecule has 3 rings (SSSR count). The third-order valence-electron chi connectivity index (χ3n) is 4.44. The Kier molecular flexibility index (Phi) is 6.57. The van der Waals surface area contributed by atoms with Gasteiger partial charge in [0.1, 0.15) is 4.21 Å². The van der Waals surface area contributed by atoms with Crippen LogP contribution in [-0.2, 0) is 27.4 Å². The van der Waals surface area contributed by atoms with E-state index in [1.54, 1.807) is 6.07 Å². The number of sulfonamides is 1. The van der Waals surface area contributed by atoms with E-state index in [0.717, 1.165) is 42.7 Å². The van der Waals surface area contributed by atoms with Gasteiger partial charge in [-0.05, 0) is 43.2 Å². The maximum atomic E-state index is 12.9. The summed E-state index contributed by atoms with van der Waals surface area (Å²) in [6.07, 6.45) is -2.14. The van der Waals surface area contributed by atoms with Gasteiger partial charge in [0.25, 0.3) is 10.0 Å². The van der Waals surface area contributed by atoms with Gasteiger partial charge in [0, 0.05) is 23.7 Å². The number of thiophene rings is 1. The number of hydrogen-bond acceptors (Lipinski definition) is 4. The highest BCUT2D eigenvalue weighted by Crippen LogP contribution is 2.36. The van der Waals surface area contributed by atoms with Crippen molar-refractivity contribution >= 4 is 44.6 Å². The van der Waals surface area contributed by atoms with Crippen molar-refractivity contribution in [3.05, 3.63) is 45.8 Å². The lowest BCUT2D eigenvalue weighted by atomic mass is 10.2. The molecular formula is C18H18ClF3N2O3S2.